The van der Waals surface area contributed by atoms with Gasteiger partial charge in [-0.25, -0.2) is 4.98 Å². The number of nitrogens with zero attached hydrogens (tertiary/aromatic N) is 1. The summed E-state index contributed by atoms with van der Waals surface area (Å²) in [4.78, 5) is 18.3. The Morgan fingerprint density at radius 3 is 2.88 bits per heavy atom. The molecule has 1 aromatic heterocycles. The van der Waals surface area contributed by atoms with Gasteiger partial charge in [-0.3, -0.25) is 10.1 Å². The number of hydrogen-bond donors (Lipinski definition) is 2. The summed E-state index contributed by atoms with van der Waals surface area (Å²) in [6.07, 6.45) is 3.28. The van der Waals surface area contributed by atoms with Gasteiger partial charge in [-0.05, 0) is 5.56 Å². The first-order valence-electron chi connectivity index (χ1n) is 5.25. The van der Waals surface area contributed by atoms with Crippen LogP contribution in [-0.4, -0.2) is 21.6 Å². The number of aromatic amines is 1. The van der Waals surface area contributed by atoms with Crippen LogP contribution in [0.4, 0.5) is 5.95 Å². The molecule has 0 spiro atoms. The zero-order chi connectivity index (χ0) is 11.9. The molecule has 17 heavy (non-hydrogen) atoms. The minimum Gasteiger partial charge on any atom is -0.331 e. The Labute approximate surface area is 104 Å². The Morgan fingerprint density at radius 2 is 2.18 bits per heavy atom. The molecule has 2 N–H and O–H groups in total. The van der Waals surface area contributed by atoms with Crippen LogP contribution in [0.3, 0.4) is 0 Å². The average molecular weight is 247 g/mol. The van der Waals surface area contributed by atoms with Gasteiger partial charge in [0, 0.05) is 18.1 Å². The minimum absolute atomic E-state index is 0.0409. The van der Waals surface area contributed by atoms with E-state index in [1.807, 2.05) is 18.2 Å². The van der Waals surface area contributed by atoms with Crippen molar-refractivity contribution < 1.29 is 4.79 Å². The molecule has 0 saturated heterocycles. The minimum atomic E-state index is -0.0409. The summed E-state index contributed by atoms with van der Waals surface area (Å²) in [5.41, 5.74) is 1.23. The molecule has 5 heteroatoms. The lowest BCUT2D eigenvalue weighted by Gasteiger charge is -2.02. The van der Waals surface area contributed by atoms with Crippen molar-refractivity contribution in [2.75, 3.05) is 11.1 Å². The highest BCUT2D eigenvalue weighted by molar-refractivity contribution is 7.99. The molecule has 0 aliphatic rings. The molecule has 1 amide bonds. The van der Waals surface area contributed by atoms with Gasteiger partial charge in [0.15, 0.2) is 0 Å². The average Bonchev–Trinajstić information content (AvgIpc) is 2.83. The zero-order valence-electron chi connectivity index (χ0n) is 9.22. The number of benzene rings is 1. The largest absolute Gasteiger partial charge is 0.331 e. The van der Waals surface area contributed by atoms with E-state index in [-0.39, 0.29) is 5.91 Å². The molecule has 0 fully saturated rings. The first-order valence-corrected chi connectivity index (χ1v) is 6.41. The van der Waals surface area contributed by atoms with Gasteiger partial charge in [-0.15, -0.1) is 11.8 Å². The van der Waals surface area contributed by atoms with E-state index >= 15 is 0 Å². The van der Waals surface area contributed by atoms with Crippen molar-refractivity contribution in [1.82, 2.24) is 9.97 Å². The van der Waals surface area contributed by atoms with Gasteiger partial charge in [0.2, 0.25) is 11.9 Å². The van der Waals surface area contributed by atoms with Gasteiger partial charge < -0.3 is 4.98 Å². The molecular formula is C12H13N3OS. The monoisotopic (exact) mass is 247 g/mol. The normalized spacial score (nSPS) is 10.1. The third kappa shape index (κ3) is 3.96. The Balaban J connectivity index is 1.70. The number of amides is 1. The fourth-order valence-electron chi connectivity index (χ4n) is 1.34. The van der Waals surface area contributed by atoms with E-state index < -0.39 is 0 Å². The summed E-state index contributed by atoms with van der Waals surface area (Å²) < 4.78 is 0. The number of carbonyl (C=O) groups is 1. The van der Waals surface area contributed by atoms with E-state index in [0.717, 1.165) is 5.75 Å². The number of carbonyl (C=O) groups excluding carboxylic acids is 1. The number of rotatable bonds is 5. The van der Waals surface area contributed by atoms with Crippen molar-refractivity contribution in [1.29, 1.82) is 0 Å². The molecule has 1 heterocycles. The Kier molecular flexibility index (Phi) is 4.21. The number of anilines is 1. The number of hydrogen-bond acceptors (Lipinski definition) is 3. The number of nitrogens with one attached hydrogen (secondary N) is 2. The summed E-state index contributed by atoms with van der Waals surface area (Å²) in [6.45, 7) is 0. The molecule has 0 aliphatic heterocycles. The van der Waals surface area contributed by atoms with E-state index in [2.05, 4.69) is 27.4 Å². The molecule has 4 nitrogen and oxygen atoms in total. The van der Waals surface area contributed by atoms with Crippen molar-refractivity contribution in [2.24, 2.45) is 0 Å². The standard InChI is InChI=1S/C12H13N3OS/c16-11(15-12-13-6-7-14-12)9-17-8-10-4-2-1-3-5-10/h1-7H,8-9H2,(H2,13,14,15,16). The van der Waals surface area contributed by atoms with Crippen LogP contribution in [-0.2, 0) is 10.5 Å². The van der Waals surface area contributed by atoms with Crippen molar-refractivity contribution in [3.8, 4) is 0 Å². The molecule has 1 aromatic carbocycles. The smallest absolute Gasteiger partial charge is 0.236 e. The van der Waals surface area contributed by atoms with Crippen LogP contribution in [0.25, 0.3) is 0 Å². The van der Waals surface area contributed by atoms with Crippen LogP contribution < -0.4 is 5.32 Å². The SMILES string of the molecule is O=C(CSCc1ccccc1)Nc1ncc[nH]1. The maximum Gasteiger partial charge on any atom is 0.236 e. The third-order valence-corrected chi connectivity index (χ3v) is 3.10. The molecule has 0 atom stereocenters. The van der Waals surface area contributed by atoms with Crippen LogP contribution in [0.1, 0.15) is 5.56 Å². The number of aromatic nitrogens is 2. The van der Waals surface area contributed by atoms with Gasteiger partial charge in [0.1, 0.15) is 0 Å². The van der Waals surface area contributed by atoms with Gasteiger partial charge in [0.25, 0.3) is 0 Å². The quantitative estimate of drug-likeness (QED) is 0.852. The van der Waals surface area contributed by atoms with Gasteiger partial charge in [-0.1, -0.05) is 30.3 Å². The van der Waals surface area contributed by atoms with Crippen LogP contribution >= 0.6 is 11.8 Å². The second-order valence-corrected chi connectivity index (χ2v) is 4.45. The van der Waals surface area contributed by atoms with E-state index in [9.17, 15) is 4.79 Å². The van der Waals surface area contributed by atoms with E-state index in [4.69, 9.17) is 0 Å². The third-order valence-electron chi connectivity index (χ3n) is 2.10. The van der Waals surface area contributed by atoms with Gasteiger partial charge in [0.05, 0.1) is 5.75 Å². The van der Waals surface area contributed by atoms with E-state index in [1.165, 1.54) is 5.56 Å². The first kappa shape index (κ1) is 11.7. The summed E-state index contributed by atoms with van der Waals surface area (Å²) in [5.74, 6) is 1.72. The fraction of sp³-hybridized carbons (Fsp3) is 0.167. The Morgan fingerprint density at radius 1 is 1.35 bits per heavy atom. The van der Waals surface area contributed by atoms with Crippen LogP contribution in [0, 0.1) is 0 Å². The summed E-state index contributed by atoms with van der Waals surface area (Å²) in [5, 5.41) is 2.68. The Bertz CT molecular complexity index is 456. The fourth-order valence-corrected chi connectivity index (χ4v) is 2.13. The lowest BCUT2D eigenvalue weighted by molar-refractivity contribution is -0.113. The van der Waals surface area contributed by atoms with Crippen LogP contribution in [0.5, 0.6) is 0 Å². The van der Waals surface area contributed by atoms with Crippen molar-refractivity contribution in [3.05, 3.63) is 48.3 Å². The predicted octanol–water partition coefficient (Wildman–Crippen LogP) is 2.28. The molecule has 0 saturated carbocycles. The van der Waals surface area contributed by atoms with Crippen LogP contribution in [0.2, 0.25) is 0 Å². The van der Waals surface area contributed by atoms with E-state index in [0.29, 0.717) is 11.7 Å². The molecule has 2 aromatic rings. The molecule has 2 rings (SSSR count). The van der Waals surface area contributed by atoms with Gasteiger partial charge in [-0.2, -0.15) is 0 Å². The molecule has 0 bridgehead atoms. The highest BCUT2D eigenvalue weighted by atomic mass is 32.2. The summed E-state index contributed by atoms with van der Waals surface area (Å²) in [7, 11) is 0. The highest BCUT2D eigenvalue weighted by Crippen LogP contribution is 2.11. The zero-order valence-corrected chi connectivity index (χ0v) is 10.0. The Hall–Kier alpha value is -1.75. The van der Waals surface area contributed by atoms with E-state index in [1.54, 1.807) is 24.2 Å². The molecule has 0 radical (unpaired) electrons. The summed E-state index contributed by atoms with van der Waals surface area (Å²) in [6, 6.07) is 10.1. The maximum atomic E-state index is 11.5. The first-order chi connectivity index (χ1) is 8.34. The second kappa shape index (κ2) is 6.10. The maximum absolute atomic E-state index is 11.5. The summed E-state index contributed by atoms with van der Waals surface area (Å²) >= 11 is 1.58. The highest BCUT2D eigenvalue weighted by Gasteiger charge is 2.03. The van der Waals surface area contributed by atoms with Crippen LogP contribution in [0.15, 0.2) is 42.7 Å². The number of imidazole rings is 1. The molecular weight excluding hydrogens is 234 g/mol. The lowest BCUT2D eigenvalue weighted by Crippen LogP contribution is -2.15. The molecule has 0 unspecified atom stereocenters. The number of H-pyrrole nitrogens is 1. The lowest BCUT2D eigenvalue weighted by atomic mass is 10.2. The van der Waals surface area contributed by atoms with Crippen molar-refractivity contribution in [2.45, 2.75) is 5.75 Å². The number of thioether (sulfide) groups is 1. The van der Waals surface area contributed by atoms with Crippen molar-refractivity contribution >= 4 is 23.6 Å². The molecule has 88 valence electrons. The topological polar surface area (TPSA) is 57.8 Å². The van der Waals surface area contributed by atoms with Gasteiger partial charge >= 0.3 is 0 Å². The second-order valence-electron chi connectivity index (χ2n) is 3.46. The predicted molar refractivity (Wildman–Crippen MR) is 69.8 cm³/mol. The molecule has 0 aliphatic carbocycles. The van der Waals surface area contributed by atoms with Crippen molar-refractivity contribution in [3.63, 3.8) is 0 Å².